The molecule has 1 atom stereocenters. The van der Waals surface area contributed by atoms with E-state index in [2.05, 4.69) is 49.9 Å². The fourth-order valence-electron chi connectivity index (χ4n) is 4.79. The van der Waals surface area contributed by atoms with Crippen molar-refractivity contribution < 1.29 is 24.1 Å². The predicted octanol–water partition coefficient (Wildman–Crippen LogP) is 7.64. The largest absolute Gasteiger partial charge is 0.462 e. The van der Waals surface area contributed by atoms with E-state index in [-0.39, 0.29) is 12.5 Å². The Morgan fingerprint density at radius 2 is 1.55 bits per heavy atom. The van der Waals surface area contributed by atoms with Crippen molar-refractivity contribution in [3.63, 3.8) is 0 Å². The van der Waals surface area contributed by atoms with E-state index < -0.39 is 0 Å². The van der Waals surface area contributed by atoms with Crippen LogP contribution in [0.15, 0.2) is 73.2 Å². The molecule has 0 aliphatic heterocycles. The topological polar surface area (TPSA) is 65.0 Å². The van der Waals surface area contributed by atoms with Crippen LogP contribution in [-0.4, -0.2) is 31.7 Å². The average Bonchev–Trinajstić information content (AvgIpc) is 2.95. The van der Waals surface area contributed by atoms with E-state index in [0.29, 0.717) is 18.1 Å². The molecule has 0 heterocycles. The number of hydrogen-bond donors (Lipinski definition) is 1. The second kappa shape index (κ2) is 18.4. The minimum absolute atomic E-state index is 0.155. The van der Waals surface area contributed by atoms with E-state index in [1.807, 2.05) is 12.1 Å². The van der Waals surface area contributed by atoms with Crippen LogP contribution in [0, 0.1) is 11.8 Å². The summed E-state index contributed by atoms with van der Waals surface area (Å²) in [6.07, 6.45) is 13.7. The number of aldehydes is 1. The molecular formula is C33H46O5. The maximum atomic E-state index is 9.41. The molecule has 1 aliphatic carbocycles. The SMILES string of the molecule is C=C(C)C=O.CCCC1CCC(c2ccc(O/C=C\Oc3ccc(CCC(CO)COC)cc3)cc2)CC1. The molecule has 0 saturated heterocycles. The summed E-state index contributed by atoms with van der Waals surface area (Å²) in [5.41, 5.74) is 3.23. The highest BCUT2D eigenvalue weighted by Crippen LogP contribution is 2.37. The van der Waals surface area contributed by atoms with Gasteiger partial charge in [-0.1, -0.05) is 50.6 Å². The number of rotatable bonds is 14. The first-order valence-electron chi connectivity index (χ1n) is 13.9. The quantitative estimate of drug-likeness (QED) is 0.157. The summed E-state index contributed by atoms with van der Waals surface area (Å²) >= 11 is 0. The van der Waals surface area contributed by atoms with Crippen molar-refractivity contribution in [2.75, 3.05) is 20.3 Å². The van der Waals surface area contributed by atoms with E-state index in [1.165, 1.54) is 49.7 Å². The minimum Gasteiger partial charge on any atom is -0.462 e. The van der Waals surface area contributed by atoms with E-state index >= 15 is 0 Å². The zero-order valence-electron chi connectivity index (χ0n) is 23.4. The molecule has 1 fully saturated rings. The summed E-state index contributed by atoms with van der Waals surface area (Å²) in [7, 11) is 1.67. The zero-order chi connectivity index (χ0) is 27.6. The molecule has 1 unspecified atom stereocenters. The van der Waals surface area contributed by atoms with Gasteiger partial charge in [0.1, 0.15) is 30.3 Å². The van der Waals surface area contributed by atoms with Gasteiger partial charge >= 0.3 is 0 Å². The van der Waals surface area contributed by atoms with Crippen molar-refractivity contribution in [2.24, 2.45) is 11.8 Å². The molecule has 3 rings (SSSR count). The van der Waals surface area contributed by atoms with Gasteiger partial charge in [-0.2, -0.15) is 0 Å². The van der Waals surface area contributed by atoms with Crippen LogP contribution in [0.5, 0.6) is 11.5 Å². The van der Waals surface area contributed by atoms with Crippen LogP contribution in [0.3, 0.4) is 0 Å². The van der Waals surface area contributed by atoms with Crippen LogP contribution < -0.4 is 9.47 Å². The molecule has 208 valence electrons. The van der Waals surface area contributed by atoms with E-state index in [9.17, 15) is 9.90 Å². The molecule has 38 heavy (non-hydrogen) atoms. The molecule has 0 radical (unpaired) electrons. The summed E-state index contributed by atoms with van der Waals surface area (Å²) in [5.74, 6) is 3.41. The highest BCUT2D eigenvalue weighted by atomic mass is 16.5. The number of aliphatic hydroxyl groups is 1. The van der Waals surface area contributed by atoms with Crippen LogP contribution >= 0.6 is 0 Å². The fraction of sp³-hybridized carbons (Fsp3) is 0.485. The third kappa shape index (κ3) is 12.1. The summed E-state index contributed by atoms with van der Waals surface area (Å²) in [6, 6.07) is 16.5. The lowest BCUT2D eigenvalue weighted by Crippen LogP contribution is -2.13. The molecule has 0 amide bonds. The highest BCUT2D eigenvalue weighted by molar-refractivity contribution is 5.70. The number of allylic oxidation sites excluding steroid dienone is 1. The molecule has 5 nitrogen and oxygen atoms in total. The molecule has 0 aromatic heterocycles. The van der Waals surface area contributed by atoms with Crippen molar-refractivity contribution in [3.05, 3.63) is 84.3 Å². The Hall–Kier alpha value is -2.89. The maximum Gasteiger partial charge on any atom is 0.145 e. The van der Waals surface area contributed by atoms with Crippen LogP contribution in [0.2, 0.25) is 0 Å². The Labute approximate surface area is 229 Å². The molecule has 1 aliphatic rings. The van der Waals surface area contributed by atoms with E-state index in [0.717, 1.165) is 36.5 Å². The number of carbonyl (C=O) groups excluding carboxylic acids is 1. The highest BCUT2D eigenvalue weighted by Gasteiger charge is 2.21. The lowest BCUT2D eigenvalue weighted by Gasteiger charge is -2.28. The van der Waals surface area contributed by atoms with Gasteiger partial charge in [0.25, 0.3) is 0 Å². The van der Waals surface area contributed by atoms with Crippen LogP contribution in [0.4, 0.5) is 0 Å². The summed E-state index contributed by atoms with van der Waals surface area (Å²) < 4.78 is 16.5. The number of ether oxygens (including phenoxy) is 3. The Kier molecular flexibility index (Phi) is 15.1. The summed E-state index contributed by atoms with van der Waals surface area (Å²) in [6.45, 7) is 8.00. The van der Waals surface area contributed by atoms with Crippen LogP contribution in [0.1, 0.15) is 75.8 Å². The van der Waals surface area contributed by atoms with Crippen molar-refractivity contribution in [3.8, 4) is 11.5 Å². The molecular weight excluding hydrogens is 476 g/mol. The number of aryl methyl sites for hydroxylation is 1. The molecule has 0 spiro atoms. The fourth-order valence-corrected chi connectivity index (χ4v) is 4.79. The number of methoxy groups -OCH3 is 1. The lowest BCUT2D eigenvalue weighted by molar-refractivity contribution is -0.104. The monoisotopic (exact) mass is 522 g/mol. The predicted molar refractivity (Wildman–Crippen MR) is 155 cm³/mol. The lowest BCUT2D eigenvalue weighted by atomic mass is 9.77. The third-order valence-electron chi connectivity index (χ3n) is 6.99. The second-order valence-corrected chi connectivity index (χ2v) is 10.2. The molecule has 0 bridgehead atoms. The standard InChI is InChI=1S/C29H40O4.C4H6O/c1-3-4-23-7-11-26(12-8-23)27-13-17-29(18-14-27)33-20-19-32-28-15-9-24(10-16-28)5-6-25(21-30)22-31-2;1-4(2)3-5/h9-10,13-20,23,25-26,30H,3-8,11-12,21-22H2,1-2H3;3H,1H2,2H3/b20-19-;. The van der Waals surface area contributed by atoms with Gasteiger partial charge in [-0.05, 0) is 98.2 Å². The van der Waals surface area contributed by atoms with Crippen molar-refractivity contribution in [2.45, 2.75) is 71.1 Å². The van der Waals surface area contributed by atoms with Gasteiger partial charge in [-0.3, -0.25) is 4.79 Å². The molecule has 2 aromatic carbocycles. The van der Waals surface area contributed by atoms with Gasteiger partial charge in [0, 0.05) is 19.6 Å². The summed E-state index contributed by atoms with van der Waals surface area (Å²) in [4.78, 5) is 9.41. The number of hydrogen-bond acceptors (Lipinski definition) is 5. The average molecular weight is 523 g/mol. The van der Waals surface area contributed by atoms with Gasteiger partial charge < -0.3 is 19.3 Å². The second-order valence-electron chi connectivity index (χ2n) is 10.2. The van der Waals surface area contributed by atoms with Crippen LogP contribution in [-0.2, 0) is 16.0 Å². The first kappa shape index (κ1) is 31.3. The first-order chi connectivity index (χ1) is 18.5. The number of benzene rings is 2. The Bertz CT molecular complexity index is 940. The Balaban J connectivity index is 0.000000926. The minimum atomic E-state index is 0.155. The van der Waals surface area contributed by atoms with Gasteiger partial charge in [-0.25, -0.2) is 0 Å². The van der Waals surface area contributed by atoms with Crippen molar-refractivity contribution >= 4 is 6.29 Å². The number of carbonyl (C=O) groups is 1. The number of aliphatic hydroxyl groups excluding tert-OH is 1. The van der Waals surface area contributed by atoms with Crippen molar-refractivity contribution in [1.29, 1.82) is 0 Å². The smallest absolute Gasteiger partial charge is 0.145 e. The molecule has 1 N–H and O–H groups in total. The Morgan fingerprint density at radius 1 is 1.00 bits per heavy atom. The van der Waals surface area contributed by atoms with Gasteiger partial charge in [0.2, 0.25) is 0 Å². The van der Waals surface area contributed by atoms with Crippen LogP contribution in [0.25, 0.3) is 0 Å². The zero-order valence-corrected chi connectivity index (χ0v) is 23.4. The Morgan fingerprint density at radius 3 is 2.03 bits per heavy atom. The normalized spacial score (nSPS) is 17.8. The van der Waals surface area contributed by atoms with Gasteiger partial charge in [0.15, 0.2) is 0 Å². The molecule has 1 saturated carbocycles. The molecule has 5 heteroatoms. The molecule has 2 aromatic rings. The van der Waals surface area contributed by atoms with E-state index in [1.54, 1.807) is 26.6 Å². The third-order valence-corrected chi connectivity index (χ3v) is 6.99. The first-order valence-corrected chi connectivity index (χ1v) is 13.9. The van der Waals surface area contributed by atoms with E-state index in [4.69, 9.17) is 14.2 Å². The van der Waals surface area contributed by atoms with Gasteiger partial charge in [-0.15, -0.1) is 0 Å². The summed E-state index contributed by atoms with van der Waals surface area (Å²) in [5, 5.41) is 9.36. The van der Waals surface area contributed by atoms with Crippen molar-refractivity contribution in [1.82, 2.24) is 0 Å². The maximum absolute atomic E-state index is 9.41. The van der Waals surface area contributed by atoms with Gasteiger partial charge in [0.05, 0.1) is 6.61 Å².